The van der Waals surface area contributed by atoms with Gasteiger partial charge in [0.2, 0.25) is 10.0 Å². The molecule has 0 saturated heterocycles. The van der Waals surface area contributed by atoms with E-state index < -0.39 is 16.0 Å². The Morgan fingerprint density at radius 2 is 1.82 bits per heavy atom. The van der Waals surface area contributed by atoms with Gasteiger partial charge in [-0.3, -0.25) is 4.79 Å². The number of fused-ring (bicyclic) bond motifs is 1. The summed E-state index contributed by atoms with van der Waals surface area (Å²) in [5.74, 6) is 0.0306. The van der Waals surface area contributed by atoms with Gasteiger partial charge in [0.1, 0.15) is 5.75 Å². The van der Waals surface area contributed by atoms with Gasteiger partial charge in [0.05, 0.1) is 24.7 Å². The molecule has 4 rings (SSSR count). The summed E-state index contributed by atoms with van der Waals surface area (Å²) in [6, 6.07) is 12.6. The summed E-state index contributed by atoms with van der Waals surface area (Å²) in [5.41, 5.74) is 0.811. The molecule has 34 heavy (non-hydrogen) atoms. The number of nitrogens with zero attached hydrogens (tertiary/aromatic N) is 1. The summed E-state index contributed by atoms with van der Waals surface area (Å²) in [4.78, 5) is 27.7. The van der Waals surface area contributed by atoms with Gasteiger partial charge in [-0.15, -0.1) is 0 Å². The fourth-order valence-electron chi connectivity index (χ4n) is 4.46. The van der Waals surface area contributed by atoms with Crippen LogP contribution in [0.4, 0.5) is 0 Å². The molecule has 180 valence electrons. The van der Waals surface area contributed by atoms with Crippen LogP contribution >= 0.6 is 0 Å². The van der Waals surface area contributed by atoms with Crippen LogP contribution in [0.5, 0.6) is 5.75 Å². The van der Waals surface area contributed by atoms with Crippen LogP contribution < -0.4 is 10.3 Å². The number of hydrogen-bond donors (Lipinski definition) is 1. The molecule has 1 aliphatic rings. The molecule has 1 N–H and O–H groups in total. The number of pyridine rings is 1. The monoisotopic (exact) mass is 484 g/mol. The largest absolute Gasteiger partial charge is 0.497 e. The van der Waals surface area contributed by atoms with Crippen LogP contribution in [0, 0.1) is 0 Å². The number of rotatable bonds is 7. The molecule has 1 aromatic heterocycles. The Hall–Kier alpha value is -3.17. The minimum Gasteiger partial charge on any atom is -0.497 e. The number of benzene rings is 2. The molecule has 0 amide bonds. The maximum atomic E-state index is 13.8. The molecule has 8 nitrogen and oxygen atoms in total. The van der Waals surface area contributed by atoms with Crippen molar-refractivity contribution >= 4 is 26.9 Å². The number of ether oxygens (including phenoxy) is 2. The van der Waals surface area contributed by atoms with Crippen LogP contribution in [0.15, 0.2) is 58.2 Å². The zero-order valence-corrected chi connectivity index (χ0v) is 20.1. The van der Waals surface area contributed by atoms with Gasteiger partial charge >= 0.3 is 5.97 Å². The smallest absolute Gasteiger partial charge is 0.337 e. The van der Waals surface area contributed by atoms with Crippen LogP contribution in [0.25, 0.3) is 10.9 Å². The number of methoxy groups -OCH3 is 2. The molecule has 0 radical (unpaired) electrons. The number of carbonyl (C=O) groups excluding carboxylic acids is 1. The minimum absolute atomic E-state index is 0.000129. The number of esters is 1. The van der Waals surface area contributed by atoms with Crippen molar-refractivity contribution in [3.63, 3.8) is 0 Å². The number of aromatic amines is 1. The van der Waals surface area contributed by atoms with Gasteiger partial charge in [-0.2, -0.15) is 4.31 Å². The fraction of sp³-hybridized carbons (Fsp3) is 0.360. The molecule has 1 fully saturated rings. The maximum Gasteiger partial charge on any atom is 0.337 e. The van der Waals surface area contributed by atoms with E-state index in [2.05, 4.69) is 4.98 Å². The van der Waals surface area contributed by atoms with Gasteiger partial charge in [0, 0.05) is 29.1 Å². The van der Waals surface area contributed by atoms with E-state index in [-0.39, 0.29) is 28.6 Å². The Kier molecular flexibility index (Phi) is 7.04. The molecule has 1 heterocycles. The molecular formula is C25H28N2O6S. The number of aromatic nitrogens is 1. The van der Waals surface area contributed by atoms with Crippen molar-refractivity contribution in [2.24, 2.45) is 0 Å². The number of hydrogen-bond acceptors (Lipinski definition) is 6. The lowest BCUT2D eigenvalue weighted by Gasteiger charge is -2.33. The molecule has 0 spiro atoms. The highest BCUT2D eigenvalue weighted by atomic mass is 32.2. The topological polar surface area (TPSA) is 106 Å². The summed E-state index contributed by atoms with van der Waals surface area (Å²) in [5, 5.41) is 0.752. The van der Waals surface area contributed by atoms with E-state index in [0.29, 0.717) is 16.8 Å². The Morgan fingerprint density at radius 3 is 2.53 bits per heavy atom. The quantitative estimate of drug-likeness (QED) is 0.511. The first-order chi connectivity index (χ1) is 16.3. The second-order valence-corrected chi connectivity index (χ2v) is 10.3. The van der Waals surface area contributed by atoms with E-state index in [1.54, 1.807) is 31.4 Å². The molecule has 9 heteroatoms. The summed E-state index contributed by atoms with van der Waals surface area (Å²) < 4.78 is 39.1. The van der Waals surface area contributed by atoms with Crippen LogP contribution in [-0.4, -0.2) is 43.9 Å². The fourth-order valence-corrected chi connectivity index (χ4v) is 6.17. The van der Waals surface area contributed by atoms with Crippen molar-refractivity contribution < 1.29 is 22.7 Å². The van der Waals surface area contributed by atoms with Crippen LogP contribution in [0.3, 0.4) is 0 Å². The lowest BCUT2D eigenvalue weighted by Crippen LogP contribution is -2.42. The third kappa shape index (κ3) is 4.85. The molecule has 0 bridgehead atoms. The predicted octanol–water partition coefficient (Wildman–Crippen LogP) is 3.85. The molecule has 0 aliphatic heterocycles. The molecule has 1 saturated carbocycles. The summed E-state index contributed by atoms with van der Waals surface area (Å²) in [7, 11) is -1.19. The third-order valence-electron chi connectivity index (χ3n) is 6.30. The zero-order chi connectivity index (χ0) is 24.3. The van der Waals surface area contributed by atoms with Crippen molar-refractivity contribution in [1.29, 1.82) is 0 Å². The normalized spacial score (nSPS) is 14.9. The summed E-state index contributed by atoms with van der Waals surface area (Å²) >= 11 is 0. The van der Waals surface area contributed by atoms with Crippen molar-refractivity contribution in [2.45, 2.75) is 49.6 Å². The first kappa shape index (κ1) is 24.0. The Bertz CT molecular complexity index is 1360. The van der Waals surface area contributed by atoms with E-state index in [1.807, 2.05) is 0 Å². The van der Waals surface area contributed by atoms with Gasteiger partial charge < -0.3 is 14.5 Å². The average Bonchev–Trinajstić information content (AvgIpc) is 2.87. The second-order valence-electron chi connectivity index (χ2n) is 8.44. The Balaban J connectivity index is 1.77. The second kappa shape index (κ2) is 9.99. The first-order valence-electron chi connectivity index (χ1n) is 11.2. The van der Waals surface area contributed by atoms with E-state index >= 15 is 0 Å². The molecule has 3 aromatic rings. The zero-order valence-electron chi connectivity index (χ0n) is 19.2. The molecule has 1 aliphatic carbocycles. The van der Waals surface area contributed by atoms with Crippen molar-refractivity contribution in [3.05, 3.63) is 70.0 Å². The van der Waals surface area contributed by atoms with E-state index in [0.717, 1.165) is 37.5 Å². The van der Waals surface area contributed by atoms with Crippen LogP contribution in [0.2, 0.25) is 0 Å². The Morgan fingerprint density at radius 1 is 1.06 bits per heavy atom. The number of H-pyrrole nitrogens is 1. The molecule has 0 atom stereocenters. The molecule has 0 unspecified atom stereocenters. The van der Waals surface area contributed by atoms with E-state index in [1.165, 1.54) is 35.7 Å². The van der Waals surface area contributed by atoms with Crippen molar-refractivity contribution in [3.8, 4) is 5.75 Å². The summed E-state index contributed by atoms with van der Waals surface area (Å²) in [6.45, 7) is -0.0715. The van der Waals surface area contributed by atoms with Crippen LogP contribution in [0.1, 0.15) is 48.0 Å². The highest BCUT2D eigenvalue weighted by Crippen LogP contribution is 2.30. The summed E-state index contributed by atoms with van der Waals surface area (Å²) in [6.07, 6.45) is 4.33. The van der Waals surface area contributed by atoms with E-state index in [4.69, 9.17) is 9.47 Å². The lowest BCUT2D eigenvalue weighted by atomic mass is 9.95. The van der Waals surface area contributed by atoms with Gasteiger partial charge in [0.25, 0.3) is 5.56 Å². The van der Waals surface area contributed by atoms with Crippen molar-refractivity contribution in [1.82, 2.24) is 9.29 Å². The van der Waals surface area contributed by atoms with Gasteiger partial charge in [-0.25, -0.2) is 13.2 Å². The van der Waals surface area contributed by atoms with Crippen molar-refractivity contribution in [2.75, 3.05) is 14.2 Å². The number of sulfonamides is 1. The average molecular weight is 485 g/mol. The highest BCUT2D eigenvalue weighted by Gasteiger charge is 2.33. The third-order valence-corrected chi connectivity index (χ3v) is 8.19. The number of nitrogens with one attached hydrogen (secondary N) is 1. The maximum absolute atomic E-state index is 13.8. The minimum atomic E-state index is -4.00. The standard InChI is InChI=1S/C25H28N2O6S/c1-32-21-11-12-23-18(14-21)13-19(24(28)26-23)16-27(20-8-4-3-5-9-20)34(30,31)22-10-6-7-17(15-22)25(29)33-2/h6-7,10-15,20H,3-5,8-9,16H2,1-2H3,(H,26,28). The number of carbonyl (C=O) groups is 1. The van der Waals surface area contributed by atoms with E-state index in [9.17, 15) is 18.0 Å². The lowest BCUT2D eigenvalue weighted by molar-refractivity contribution is 0.0600. The highest BCUT2D eigenvalue weighted by molar-refractivity contribution is 7.89. The SMILES string of the molecule is COC(=O)c1cccc(S(=O)(=O)N(Cc2cc3cc(OC)ccc3[nH]c2=O)C2CCCCC2)c1. The Labute approximate surface area is 198 Å². The van der Waals surface area contributed by atoms with Gasteiger partial charge in [-0.05, 0) is 55.3 Å². The molecular weight excluding hydrogens is 456 g/mol. The van der Waals surface area contributed by atoms with Gasteiger partial charge in [-0.1, -0.05) is 25.3 Å². The van der Waals surface area contributed by atoms with Gasteiger partial charge in [0.15, 0.2) is 0 Å². The first-order valence-corrected chi connectivity index (χ1v) is 12.7. The molecule has 2 aromatic carbocycles. The predicted molar refractivity (Wildman–Crippen MR) is 129 cm³/mol. The van der Waals surface area contributed by atoms with Crippen LogP contribution in [-0.2, 0) is 21.3 Å².